The van der Waals surface area contributed by atoms with Crippen LogP contribution in [0.1, 0.15) is 49.9 Å². The summed E-state index contributed by atoms with van der Waals surface area (Å²) >= 11 is 5.18. The summed E-state index contributed by atoms with van der Waals surface area (Å²) in [4.78, 5) is 24.2. The number of nitrogens with zero attached hydrogens (tertiary/aromatic N) is 5. The summed E-state index contributed by atoms with van der Waals surface area (Å²) in [5.74, 6) is 2.18. The summed E-state index contributed by atoms with van der Waals surface area (Å²) in [5, 5.41) is 9.35. The molecule has 0 amide bonds. The summed E-state index contributed by atoms with van der Waals surface area (Å²) in [6.07, 6.45) is 4.77. The third-order valence-corrected chi connectivity index (χ3v) is 7.36. The van der Waals surface area contributed by atoms with Gasteiger partial charge < -0.3 is 5.32 Å². The molecule has 1 aromatic carbocycles. The van der Waals surface area contributed by atoms with Crippen LogP contribution < -0.4 is 10.9 Å². The van der Waals surface area contributed by atoms with Crippen LogP contribution in [0, 0.1) is 6.92 Å². The van der Waals surface area contributed by atoms with Crippen LogP contribution in [0.4, 0.5) is 5.82 Å². The van der Waals surface area contributed by atoms with Crippen molar-refractivity contribution < 1.29 is 0 Å². The van der Waals surface area contributed by atoms with E-state index in [4.69, 9.17) is 15.1 Å². The molecule has 0 aliphatic rings. The summed E-state index contributed by atoms with van der Waals surface area (Å²) in [6.45, 7) is 6.10. The van der Waals surface area contributed by atoms with E-state index < -0.39 is 0 Å². The lowest BCUT2D eigenvalue weighted by atomic mass is 10.2. The highest BCUT2D eigenvalue weighted by molar-refractivity contribution is 9.11. The number of fused-ring (bicyclic) bond motifs is 2. The van der Waals surface area contributed by atoms with Gasteiger partial charge in [0.1, 0.15) is 22.0 Å². The zero-order chi connectivity index (χ0) is 23.8. The topological polar surface area (TPSA) is 77.1 Å². The average Bonchev–Trinajstić information content (AvgIpc) is 3.40. The van der Waals surface area contributed by atoms with E-state index in [0.717, 1.165) is 56.2 Å². The van der Waals surface area contributed by atoms with Crippen LogP contribution in [-0.2, 0) is 6.42 Å². The van der Waals surface area contributed by atoms with Crippen LogP contribution in [0.25, 0.3) is 21.4 Å². The Kier molecular flexibility index (Phi) is 6.22. The molecule has 174 valence electrons. The first-order valence-electron chi connectivity index (χ1n) is 11.3. The molecule has 0 saturated carbocycles. The van der Waals surface area contributed by atoms with E-state index in [0.29, 0.717) is 11.3 Å². The summed E-state index contributed by atoms with van der Waals surface area (Å²) < 4.78 is 4.37. The number of unbranched alkanes of at least 4 members (excludes halogenated alkanes) is 1. The molecule has 5 aromatic rings. The third kappa shape index (κ3) is 4.14. The van der Waals surface area contributed by atoms with Gasteiger partial charge in [0.25, 0.3) is 5.56 Å². The lowest BCUT2D eigenvalue weighted by molar-refractivity contribution is 0.671. The van der Waals surface area contributed by atoms with E-state index >= 15 is 0 Å². The molecule has 1 N–H and O–H groups in total. The van der Waals surface area contributed by atoms with Crippen LogP contribution in [0.15, 0.2) is 57.2 Å². The molecule has 0 aliphatic carbocycles. The van der Waals surface area contributed by atoms with Gasteiger partial charge in [-0.2, -0.15) is 5.10 Å². The molecule has 0 bridgehead atoms. The number of rotatable bonds is 7. The largest absolute Gasteiger partial charge is 0.360 e. The van der Waals surface area contributed by atoms with Crippen LogP contribution in [-0.4, -0.2) is 24.1 Å². The van der Waals surface area contributed by atoms with Crippen molar-refractivity contribution in [1.82, 2.24) is 24.1 Å². The van der Waals surface area contributed by atoms with Crippen LogP contribution >= 0.6 is 27.3 Å². The van der Waals surface area contributed by atoms with E-state index in [1.54, 1.807) is 20.4 Å². The fourth-order valence-electron chi connectivity index (χ4n) is 4.10. The van der Waals surface area contributed by atoms with E-state index in [2.05, 4.69) is 28.2 Å². The van der Waals surface area contributed by atoms with Crippen molar-refractivity contribution in [2.75, 3.05) is 5.32 Å². The minimum absolute atomic E-state index is 0.0953. The smallest absolute Gasteiger partial charge is 0.282 e. The Hall–Kier alpha value is -3.04. The average molecular weight is 537 g/mol. The zero-order valence-electron chi connectivity index (χ0n) is 19.2. The van der Waals surface area contributed by atoms with Crippen molar-refractivity contribution >= 4 is 48.8 Å². The molecule has 0 saturated heterocycles. The first kappa shape index (κ1) is 22.7. The van der Waals surface area contributed by atoms with Gasteiger partial charge in [0.2, 0.25) is 0 Å². The Labute approximate surface area is 209 Å². The molecule has 0 radical (unpaired) electrons. The first-order valence-corrected chi connectivity index (χ1v) is 13.0. The van der Waals surface area contributed by atoms with Crippen molar-refractivity contribution in [2.24, 2.45) is 0 Å². The first-order chi connectivity index (χ1) is 16.5. The highest BCUT2D eigenvalue weighted by atomic mass is 79.9. The van der Waals surface area contributed by atoms with Gasteiger partial charge in [-0.25, -0.2) is 14.5 Å². The maximum absolute atomic E-state index is 13.6. The van der Waals surface area contributed by atoms with Gasteiger partial charge in [0.15, 0.2) is 5.82 Å². The van der Waals surface area contributed by atoms with Crippen molar-refractivity contribution in [3.8, 4) is 5.69 Å². The lowest BCUT2D eigenvalue weighted by Crippen LogP contribution is -2.29. The molecule has 0 unspecified atom stereocenters. The summed E-state index contributed by atoms with van der Waals surface area (Å²) in [5.41, 5.74) is 2.16. The molecule has 5 rings (SSSR count). The SMILES string of the molecule is CCCCc1nc(N[C@@H](C)c2nn3ccc(C)c3c(=O)n2-c2ccccc2)c2cc(Br)sc2n1. The highest BCUT2D eigenvalue weighted by Gasteiger charge is 2.21. The molecule has 4 heterocycles. The quantitative estimate of drug-likeness (QED) is 0.273. The second kappa shape index (κ2) is 9.31. The van der Waals surface area contributed by atoms with E-state index in [-0.39, 0.29) is 11.6 Å². The Morgan fingerprint density at radius 1 is 1.18 bits per heavy atom. The van der Waals surface area contributed by atoms with Gasteiger partial charge in [-0.05, 0) is 66.0 Å². The van der Waals surface area contributed by atoms with Crippen molar-refractivity contribution in [2.45, 2.75) is 46.1 Å². The Morgan fingerprint density at radius 2 is 1.97 bits per heavy atom. The number of anilines is 1. The van der Waals surface area contributed by atoms with Gasteiger partial charge in [-0.1, -0.05) is 31.5 Å². The molecule has 0 spiro atoms. The van der Waals surface area contributed by atoms with Crippen LogP contribution in [0.2, 0.25) is 0 Å². The molecule has 34 heavy (non-hydrogen) atoms. The van der Waals surface area contributed by atoms with Crippen molar-refractivity contribution in [3.63, 3.8) is 0 Å². The molecular formula is C25H25BrN6OS. The molecule has 7 nitrogen and oxygen atoms in total. The van der Waals surface area contributed by atoms with Crippen LogP contribution in [0.5, 0.6) is 0 Å². The van der Waals surface area contributed by atoms with Crippen molar-refractivity contribution in [3.05, 3.63) is 80.0 Å². The second-order valence-electron chi connectivity index (χ2n) is 8.35. The van der Waals surface area contributed by atoms with Gasteiger partial charge in [0.05, 0.1) is 20.9 Å². The molecule has 0 aliphatic heterocycles. The number of para-hydroxylation sites is 1. The predicted octanol–water partition coefficient (Wildman–Crippen LogP) is 6.08. The number of thiophene rings is 1. The number of halogens is 1. The normalized spacial score (nSPS) is 12.5. The maximum atomic E-state index is 13.6. The monoisotopic (exact) mass is 536 g/mol. The number of aromatic nitrogens is 5. The van der Waals surface area contributed by atoms with Gasteiger partial charge in [-0.3, -0.25) is 9.36 Å². The Bertz CT molecular complexity index is 1540. The fraction of sp³-hybridized carbons (Fsp3) is 0.280. The number of hydrogen-bond acceptors (Lipinski definition) is 6. The van der Waals surface area contributed by atoms with Gasteiger partial charge in [-0.15, -0.1) is 11.3 Å². The molecule has 9 heteroatoms. The van der Waals surface area contributed by atoms with Gasteiger partial charge in [0, 0.05) is 12.6 Å². The number of nitrogens with one attached hydrogen (secondary N) is 1. The highest BCUT2D eigenvalue weighted by Crippen LogP contribution is 2.34. The minimum atomic E-state index is -0.296. The van der Waals surface area contributed by atoms with E-state index in [1.165, 1.54) is 0 Å². The Balaban J connectivity index is 1.64. The van der Waals surface area contributed by atoms with Gasteiger partial charge >= 0.3 is 0 Å². The number of aryl methyl sites for hydroxylation is 2. The molecule has 1 atom stereocenters. The maximum Gasteiger partial charge on any atom is 0.282 e. The second-order valence-corrected chi connectivity index (χ2v) is 10.8. The summed E-state index contributed by atoms with van der Waals surface area (Å²) in [7, 11) is 0. The molecular weight excluding hydrogens is 512 g/mol. The lowest BCUT2D eigenvalue weighted by Gasteiger charge is -2.20. The van der Waals surface area contributed by atoms with E-state index in [1.807, 2.05) is 62.5 Å². The third-order valence-electron chi connectivity index (χ3n) is 5.83. The van der Waals surface area contributed by atoms with Crippen molar-refractivity contribution in [1.29, 1.82) is 0 Å². The molecule has 0 fully saturated rings. The summed E-state index contributed by atoms with van der Waals surface area (Å²) in [6, 6.07) is 13.3. The number of benzene rings is 1. The fourth-order valence-corrected chi connectivity index (χ4v) is 5.57. The predicted molar refractivity (Wildman–Crippen MR) is 141 cm³/mol. The number of hydrogen-bond donors (Lipinski definition) is 1. The Morgan fingerprint density at radius 3 is 2.74 bits per heavy atom. The molecule has 4 aromatic heterocycles. The minimum Gasteiger partial charge on any atom is -0.360 e. The zero-order valence-corrected chi connectivity index (χ0v) is 21.7. The van der Waals surface area contributed by atoms with Crippen LogP contribution in [0.3, 0.4) is 0 Å². The standard InChI is InChI=1S/C25H25BrN6OS/c1-4-5-11-20-28-22(18-14-19(26)34-24(18)29-20)27-16(3)23-30-31-13-12-15(2)21(31)25(33)32(23)17-9-7-6-8-10-17/h6-10,12-14,16H,4-5,11H2,1-3H3,(H,27,28,29)/t16-/m0/s1. The van der Waals surface area contributed by atoms with E-state index in [9.17, 15) is 4.79 Å².